The summed E-state index contributed by atoms with van der Waals surface area (Å²) >= 11 is 0. The van der Waals surface area contributed by atoms with Crippen LogP contribution in [0.25, 0.3) is 11.1 Å². The lowest BCUT2D eigenvalue weighted by atomic mass is 9.97. The predicted molar refractivity (Wildman–Crippen MR) is 67.0 cm³/mol. The number of aromatic nitrogens is 1. The van der Waals surface area contributed by atoms with Gasteiger partial charge in [0.25, 0.3) is 0 Å². The van der Waals surface area contributed by atoms with E-state index in [-0.39, 0.29) is 17.6 Å². The minimum atomic E-state index is -0.319. The second-order valence-corrected chi connectivity index (χ2v) is 4.33. The van der Waals surface area contributed by atoms with Gasteiger partial charge in [0.15, 0.2) is 0 Å². The lowest BCUT2D eigenvalue weighted by molar-refractivity contribution is 0.402. The molecule has 0 saturated carbocycles. The molecular weight excluding hydrogens is 235 g/mol. The van der Waals surface area contributed by atoms with Crippen molar-refractivity contribution in [2.24, 2.45) is 0 Å². The van der Waals surface area contributed by atoms with Gasteiger partial charge >= 0.3 is 0 Å². The molecule has 0 aliphatic carbocycles. The third kappa shape index (κ3) is 2.03. The molecule has 5 heteroatoms. The summed E-state index contributed by atoms with van der Waals surface area (Å²) < 4.78 is 24.1. The van der Waals surface area contributed by atoms with E-state index in [4.69, 9.17) is 15.0 Å². The first-order valence-electron chi connectivity index (χ1n) is 5.62. The van der Waals surface area contributed by atoms with Crippen LogP contribution < -0.4 is 10.5 Å². The van der Waals surface area contributed by atoms with Crippen LogP contribution in [-0.4, -0.2) is 12.3 Å². The number of ether oxygens (including phenoxy) is 1. The van der Waals surface area contributed by atoms with Crippen LogP contribution in [0.5, 0.6) is 5.75 Å². The van der Waals surface area contributed by atoms with E-state index < -0.39 is 0 Å². The van der Waals surface area contributed by atoms with Gasteiger partial charge in [-0.1, -0.05) is 19.0 Å². The fraction of sp³-hybridized carbons (Fsp3) is 0.308. The Hall–Kier alpha value is -2.04. The van der Waals surface area contributed by atoms with Gasteiger partial charge in [0.1, 0.15) is 11.6 Å². The molecule has 0 unspecified atom stereocenters. The molecule has 1 heterocycles. The van der Waals surface area contributed by atoms with Crippen molar-refractivity contribution in [2.45, 2.75) is 19.8 Å². The van der Waals surface area contributed by atoms with E-state index in [2.05, 4.69) is 5.16 Å². The molecule has 2 N–H and O–H groups in total. The van der Waals surface area contributed by atoms with Gasteiger partial charge in [-0.15, -0.1) is 0 Å². The summed E-state index contributed by atoms with van der Waals surface area (Å²) in [7, 11) is 1.52. The van der Waals surface area contributed by atoms with Crippen molar-refractivity contribution in [1.82, 2.24) is 5.16 Å². The molecule has 2 aromatic rings. The van der Waals surface area contributed by atoms with E-state index in [1.807, 2.05) is 13.8 Å². The van der Waals surface area contributed by atoms with E-state index in [0.29, 0.717) is 22.4 Å². The monoisotopic (exact) mass is 250 g/mol. The number of rotatable bonds is 3. The van der Waals surface area contributed by atoms with E-state index in [1.165, 1.54) is 19.4 Å². The molecule has 0 spiro atoms. The number of methoxy groups -OCH3 is 1. The number of benzene rings is 1. The fourth-order valence-corrected chi connectivity index (χ4v) is 1.94. The summed E-state index contributed by atoms with van der Waals surface area (Å²) in [6.45, 7) is 3.82. The first-order chi connectivity index (χ1) is 8.54. The highest BCUT2D eigenvalue weighted by molar-refractivity contribution is 5.73. The van der Waals surface area contributed by atoms with Gasteiger partial charge in [-0.3, -0.25) is 0 Å². The van der Waals surface area contributed by atoms with Crippen LogP contribution in [0.4, 0.5) is 10.3 Å². The van der Waals surface area contributed by atoms with Crippen molar-refractivity contribution in [2.75, 3.05) is 12.8 Å². The molecule has 1 aromatic carbocycles. The molecule has 0 aliphatic rings. The van der Waals surface area contributed by atoms with E-state index in [1.54, 1.807) is 6.07 Å². The molecular formula is C13H15FN2O2. The minimum absolute atomic E-state index is 0.0359. The molecule has 2 rings (SSSR count). The number of hydrogen-bond acceptors (Lipinski definition) is 4. The first-order valence-corrected chi connectivity index (χ1v) is 5.62. The SMILES string of the molecule is COc1cc(-c2cnoc2N)cc(F)c1C(C)C. The number of nitrogens with two attached hydrogens (primary N) is 1. The van der Waals surface area contributed by atoms with Crippen molar-refractivity contribution in [3.8, 4) is 16.9 Å². The quantitative estimate of drug-likeness (QED) is 0.908. The normalized spacial score (nSPS) is 10.9. The van der Waals surface area contributed by atoms with Crippen molar-refractivity contribution in [3.63, 3.8) is 0 Å². The Morgan fingerprint density at radius 2 is 2.11 bits per heavy atom. The number of halogens is 1. The smallest absolute Gasteiger partial charge is 0.229 e. The van der Waals surface area contributed by atoms with Crippen LogP contribution in [0.2, 0.25) is 0 Å². The molecule has 18 heavy (non-hydrogen) atoms. The maximum atomic E-state index is 14.1. The first kappa shape index (κ1) is 12.4. The lowest BCUT2D eigenvalue weighted by Crippen LogP contribution is -1.99. The summed E-state index contributed by atoms with van der Waals surface area (Å²) in [6, 6.07) is 3.15. The Balaban J connectivity index is 2.60. The number of hydrogen-bond donors (Lipinski definition) is 1. The van der Waals surface area contributed by atoms with E-state index >= 15 is 0 Å². The second kappa shape index (κ2) is 4.68. The molecule has 96 valence electrons. The Morgan fingerprint density at radius 3 is 2.61 bits per heavy atom. The molecule has 0 bridgehead atoms. The highest BCUT2D eigenvalue weighted by atomic mass is 19.1. The Bertz CT molecular complexity index is 564. The molecule has 0 radical (unpaired) electrons. The fourth-order valence-electron chi connectivity index (χ4n) is 1.94. The zero-order chi connectivity index (χ0) is 13.3. The van der Waals surface area contributed by atoms with Crippen molar-refractivity contribution in [3.05, 3.63) is 29.7 Å². The molecule has 0 atom stereocenters. The lowest BCUT2D eigenvalue weighted by Gasteiger charge is -2.14. The molecule has 4 nitrogen and oxygen atoms in total. The summed E-state index contributed by atoms with van der Waals surface area (Å²) in [5.41, 5.74) is 7.32. The zero-order valence-corrected chi connectivity index (χ0v) is 10.5. The molecule has 0 aliphatic heterocycles. The largest absolute Gasteiger partial charge is 0.496 e. The minimum Gasteiger partial charge on any atom is -0.496 e. The highest BCUT2D eigenvalue weighted by Crippen LogP contribution is 2.35. The summed E-state index contributed by atoms with van der Waals surface area (Å²) in [6.07, 6.45) is 1.46. The van der Waals surface area contributed by atoms with Crippen LogP contribution in [0, 0.1) is 5.82 Å². The van der Waals surface area contributed by atoms with Gasteiger partial charge in [-0.2, -0.15) is 0 Å². The Kier molecular flexibility index (Phi) is 3.23. The van der Waals surface area contributed by atoms with E-state index in [9.17, 15) is 4.39 Å². The average Bonchev–Trinajstić information content (AvgIpc) is 2.73. The van der Waals surface area contributed by atoms with Crippen LogP contribution in [0.3, 0.4) is 0 Å². The molecule has 1 aromatic heterocycles. The Labute approximate surface area is 105 Å². The second-order valence-electron chi connectivity index (χ2n) is 4.33. The highest BCUT2D eigenvalue weighted by Gasteiger charge is 2.17. The summed E-state index contributed by atoms with van der Waals surface area (Å²) in [4.78, 5) is 0. The van der Waals surface area contributed by atoms with Gasteiger partial charge in [0.05, 0.1) is 18.9 Å². The van der Waals surface area contributed by atoms with Gasteiger partial charge in [-0.25, -0.2) is 4.39 Å². The maximum Gasteiger partial charge on any atom is 0.229 e. The molecule has 0 saturated heterocycles. The number of nitrogens with zero attached hydrogens (tertiary/aromatic N) is 1. The van der Waals surface area contributed by atoms with Gasteiger partial charge < -0.3 is 15.0 Å². The summed E-state index contributed by atoms with van der Waals surface area (Å²) in [5.74, 6) is 0.378. The molecule has 0 fully saturated rings. The maximum absolute atomic E-state index is 14.1. The summed E-state index contributed by atoms with van der Waals surface area (Å²) in [5, 5.41) is 3.58. The topological polar surface area (TPSA) is 61.3 Å². The molecule has 0 amide bonds. The third-order valence-electron chi connectivity index (χ3n) is 2.80. The van der Waals surface area contributed by atoms with Crippen LogP contribution >= 0.6 is 0 Å². The average molecular weight is 250 g/mol. The van der Waals surface area contributed by atoms with Crippen molar-refractivity contribution in [1.29, 1.82) is 0 Å². The standard InChI is InChI=1S/C13H15FN2O2/c1-7(2)12-10(14)4-8(5-11(12)17-3)9-6-16-18-13(9)15/h4-7H,15H2,1-3H3. The van der Waals surface area contributed by atoms with Gasteiger partial charge in [0.2, 0.25) is 5.88 Å². The van der Waals surface area contributed by atoms with Crippen LogP contribution in [-0.2, 0) is 0 Å². The van der Waals surface area contributed by atoms with Gasteiger partial charge in [0, 0.05) is 5.56 Å². The predicted octanol–water partition coefficient (Wildman–Crippen LogP) is 3.19. The van der Waals surface area contributed by atoms with Crippen LogP contribution in [0.1, 0.15) is 25.3 Å². The van der Waals surface area contributed by atoms with Crippen LogP contribution in [0.15, 0.2) is 22.9 Å². The van der Waals surface area contributed by atoms with Crippen molar-refractivity contribution < 1.29 is 13.7 Å². The number of nitrogen functional groups attached to an aromatic ring is 1. The Morgan fingerprint density at radius 1 is 1.39 bits per heavy atom. The number of anilines is 1. The van der Waals surface area contributed by atoms with Gasteiger partial charge in [-0.05, 0) is 23.6 Å². The third-order valence-corrected chi connectivity index (χ3v) is 2.80. The zero-order valence-electron chi connectivity index (χ0n) is 10.5. The van der Waals surface area contributed by atoms with E-state index in [0.717, 1.165) is 0 Å². The van der Waals surface area contributed by atoms with Crippen molar-refractivity contribution >= 4 is 5.88 Å².